The molecule has 0 bridgehead atoms. The normalized spacial score (nSPS) is 25.9. The third-order valence-corrected chi connectivity index (χ3v) is 3.98. The number of hydrogen-bond acceptors (Lipinski definition) is 4. The van der Waals surface area contributed by atoms with Crippen LogP contribution in [0, 0.1) is 0 Å². The number of anilines is 1. The molecule has 2 heterocycles. The first kappa shape index (κ1) is 14.8. The van der Waals surface area contributed by atoms with Gasteiger partial charge in [0.15, 0.2) is 0 Å². The second-order valence-electron chi connectivity index (χ2n) is 5.93. The lowest BCUT2D eigenvalue weighted by Gasteiger charge is -2.30. The first-order chi connectivity index (χ1) is 9.32. The molecule has 2 rings (SSSR count). The molecular weight excluding hydrogens is 256 g/mol. The van der Waals surface area contributed by atoms with E-state index in [9.17, 15) is 9.90 Å². The van der Waals surface area contributed by atoms with Gasteiger partial charge in [-0.1, -0.05) is 13.8 Å². The van der Waals surface area contributed by atoms with Crippen molar-refractivity contribution >= 4 is 11.8 Å². The Bertz CT molecular complexity index is 516. The molecule has 1 aromatic heterocycles. The summed E-state index contributed by atoms with van der Waals surface area (Å²) in [6, 6.07) is 3.22. The van der Waals surface area contributed by atoms with Gasteiger partial charge in [-0.15, -0.1) is 0 Å². The highest BCUT2D eigenvalue weighted by atomic mass is 16.5. The summed E-state index contributed by atoms with van der Waals surface area (Å²) in [6.07, 6.45) is 0.949. The Kier molecular flexibility index (Phi) is 3.99. The van der Waals surface area contributed by atoms with Crippen molar-refractivity contribution in [3.63, 3.8) is 0 Å². The molecule has 1 aliphatic heterocycles. The average molecular weight is 278 g/mol. The number of aromatic carboxylic acids is 1. The SMILES string of the molecule is CC(C)c1cc(C(=O)O)cc(NC2(C)CCOC2C)n1. The number of nitrogens with zero attached hydrogens (tertiary/aromatic N) is 1. The van der Waals surface area contributed by atoms with Gasteiger partial charge in [0.2, 0.25) is 0 Å². The van der Waals surface area contributed by atoms with Crippen molar-refractivity contribution in [3.05, 3.63) is 23.4 Å². The van der Waals surface area contributed by atoms with Crippen LogP contribution in [0.2, 0.25) is 0 Å². The molecule has 1 saturated heterocycles. The van der Waals surface area contributed by atoms with E-state index in [0.29, 0.717) is 12.4 Å². The van der Waals surface area contributed by atoms with E-state index in [4.69, 9.17) is 4.74 Å². The molecule has 1 aliphatic rings. The molecule has 0 aliphatic carbocycles. The Labute approximate surface area is 119 Å². The van der Waals surface area contributed by atoms with Crippen molar-refractivity contribution < 1.29 is 14.6 Å². The van der Waals surface area contributed by atoms with Crippen molar-refractivity contribution in [1.29, 1.82) is 0 Å². The zero-order valence-corrected chi connectivity index (χ0v) is 12.4. The van der Waals surface area contributed by atoms with Gasteiger partial charge in [0.05, 0.1) is 17.2 Å². The number of ether oxygens (including phenoxy) is 1. The van der Waals surface area contributed by atoms with Crippen LogP contribution in [0.5, 0.6) is 0 Å². The number of carboxylic acid groups (broad SMARTS) is 1. The number of carboxylic acids is 1. The minimum atomic E-state index is -0.932. The molecule has 2 atom stereocenters. The van der Waals surface area contributed by atoms with E-state index in [0.717, 1.165) is 12.1 Å². The van der Waals surface area contributed by atoms with E-state index < -0.39 is 5.97 Å². The summed E-state index contributed by atoms with van der Waals surface area (Å²) in [5.41, 5.74) is 0.835. The Morgan fingerprint density at radius 2 is 2.25 bits per heavy atom. The highest BCUT2D eigenvalue weighted by Gasteiger charge is 2.37. The molecule has 2 unspecified atom stereocenters. The number of pyridine rings is 1. The fraction of sp³-hybridized carbons (Fsp3) is 0.600. The molecule has 2 N–H and O–H groups in total. The molecule has 110 valence electrons. The van der Waals surface area contributed by atoms with Gasteiger partial charge >= 0.3 is 5.97 Å². The van der Waals surface area contributed by atoms with Gasteiger partial charge in [0, 0.05) is 12.3 Å². The van der Waals surface area contributed by atoms with Crippen LogP contribution in [-0.2, 0) is 4.74 Å². The molecule has 1 aromatic rings. The smallest absolute Gasteiger partial charge is 0.335 e. The van der Waals surface area contributed by atoms with Crippen LogP contribution < -0.4 is 5.32 Å². The first-order valence-electron chi connectivity index (χ1n) is 6.97. The van der Waals surface area contributed by atoms with Gasteiger partial charge in [0.1, 0.15) is 5.82 Å². The van der Waals surface area contributed by atoms with Gasteiger partial charge in [-0.2, -0.15) is 0 Å². The number of carbonyl (C=O) groups is 1. The molecular formula is C15H22N2O3. The Morgan fingerprint density at radius 3 is 2.75 bits per heavy atom. The van der Waals surface area contributed by atoms with Crippen LogP contribution >= 0.6 is 0 Å². The molecule has 0 radical (unpaired) electrons. The van der Waals surface area contributed by atoms with Crippen LogP contribution in [-0.4, -0.2) is 34.3 Å². The van der Waals surface area contributed by atoms with Gasteiger partial charge in [-0.25, -0.2) is 9.78 Å². The van der Waals surface area contributed by atoms with Crippen LogP contribution in [0.4, 0.5) is 5.82 Å². The van der Waals surface area contributed by atoms with Crippen molar-refractivity contribution in [1.82, 2.24) is 4.98 Å². The molecule has 0 aromatic carbocycles. The van der Waals surface area contributed by atoms with Crippen LogP contribution in [0.3, 0.4) is 0 Å². The van der Waals surface area contributed by atoms with E-state index in [-0.39, 0.29) is 23.1 Å². The topological polar surface area (TPSA) is 71.5 Å². The molecule has 5 heteroatoms. The lowest BCUT2D eigenvalue weighted by molar-refractivity contribution is 0.0696. The van der Waals surface area contributed by atoms with Crippen molar-refractivity contribution in [3.8, 4) is 0 Å². The predicted molar refractivity (Wildman–Crippen MR) is 77.3 cm³/mol. The predicted octanol–water partition coefficient (Wildman–Crippen LogP) is 2.88. The van der Waals surface area contributed by atoms with Crippen molar-refractivity contribution in [2.45, 2.75) is 51.7 Å². The monoisotopic (exact) mass is 278 g/mol. The lowest BCUT2D eigenvalue weighted by Crippen LogP contribution is -2.41. The summed E-state index contributed by atoms with van der Waals surface area (Å²) in [5.74, 6) is -0.147. The summed E-state index contributed by atoms with van der Waals surface area (Å²) in [7, 11) is 0. The highest BCUT2D eigenvalue weighted by molar-refractivity contribution is 5.88. The fourth-order valence-corrected chi connectivity index (χ4v) is 2.33. The third kappa shape index (κ3) is 2.93. The number of rotatable bonds is 4. The van der Waals surface area contributed by atoms with Gasteiger partial charge in [-0.05, 0) is 38.3 Å². The van der Waals surface area contributed by atoms with Crippen LogP contribution in [0.1, 0.15) is 56.1 Å². The highest BCUT2D eigenvalue weighted by Crippen LogP contribution is 2.29. The standard InChI is InChI=1S/C15H22N2O3/c1-9(2)12-7-11(14(18)19)8-13(16-12)17-15(4)5-6-20-10(15)3/h7-10H,5-6H2,1-4H3,(H,16,17)(H,18,19). The molecule has 0 spiro atoms. The molecule has 0 amide bonds. The zero-order valence-electron chi connectivity index (χ0n) is 12.4. The van der Waals surface area contributed by atoms with E-state index in [1.54, 1.807) is 12.1 Å². The van der Waals surface area contributed by atoms with E-state index >= 15 is 0 Å². The number of aromatic nitrogens is 1. The van der Waals surface area contributed by atoms with Crippen molar-refractivity contribution in [2.75, 3.05) is 11.9 Å². The summed E-state index contributed by atoms with van der Waals surface area (Å²) in [5, 5.41) is 12.6. The average Bonchev–Trinajstić information content (AvgIpc) is 2.68. The van der Waals surface area contributed by atoms with E-state index in [1.165, 1.54) is 0 Å². The zero-order chi connectivity index (χ0) is 14.9. The Balaban J connectivity index is 2.33. The number of nitrogens with one attached hydrogen (secondary N) is 1. The summed E-state index contributed by atoms with van der Waals surface area (Å²) in [4.78, 5) is 15.8. The maximum absolute atomic E-state index is 11.2. The molecule has 0 saturated carbocycles. The van der Waals surface area contributed by atoms with Crippen molar-refractivity contribution in [2.24, 2.45) is 0 Å². The molecule has 1 fully saturated rings. The second kappa shape index (κ2) is 5.40. The first-order valence-corrected chi connectivity index (χ1v) is 6.97. The van der Waals surface area contributed by atoms with Crippen LogP contribution in [0.15, 0.2) is 12.1 Å². The maximum Gasteiger partial charge on any atom is 0.335 e. The third-order valence-electron chi connectivity index (χ3n) is 3.98. The number of hydrogen-bond donors (Lipinski definition) is 2. The van der Waals surface area contributed by atoms with E-state index in [2.05, 4.69) is 17.2 Å². The minimum Gasteiger partial charge on any atom is -0.478 e. The maximum atomic E-state index is 11.2. The summed E-state index contributed by atoms with van der Waals surface area (Å²) < 4.78 is 5.59. The fourth-order valence-electron chi connectivity index (χ4n) is 2.33. The molecule has 20 heavy (non-hydrogen) atoms. The summed E-state index contributed by atoms with van der Waals surface area (Å²) >= 11 is 0. The molecule has 5 nitrogen and oxygen atoms in total. The Hall–Kier alpha value is -1.62. The van der Waals surface area contributed by atoms with E-state index in [1.807, 2.05) is 20.8 Å². The minimum absolute atomic E-state index is 0.0697. The van der Waals surface area contributed by atoms with Gasteiger partial charge < -0.3 is 15.2 Å². The van der Waals surface area contributed by atoms with Gasteiger partial charge in [0.25, 0.3) is 0 Å². The quantitative estimate of drug-likeness (QED) is 0.886. The van der Waals surface area contributed by atoms with Crippen LogP contribution in [0.25, 0.3) is 0 Å². The lowest BCUT2D eigenvalue weighted by atomic mass is 9.94. The largest absolute Gasteiger partial charge is 0.478 e. The second-order valence-corrected chi connectivity index (χ2v) is 5.93. The summed E-state index contributed by atoms with van der Waals surface area (Å²) in [6.45, 7) is 8.81. The Morgan fingerprint density at radius 1 is 1.55 bits per heavy atom. The van der Waals surface area contributed by atoms with Gasteiger partial charge in [-0.3, -0.25) is 0 Å².